The average molecular weight is 413 g/mol. The van der Waals surface area contributed by atoms with E-state index in [1.165, 1.54) is 6.07 Å². The van der Waals surface area contributed by atoms with E-state index in [1.807, 2.05) is 0 Å². The van der Waals surface area contributed by atoms with Crippen molar-refractivity contribution in [3.05, 3.63) is 53.3 Å². The molecule has 0 N–H and O–H groups in total. The first kappa shape index (κ1) is 20.5. The van der Waals surface area contributed by atoms with Gasteiger partial charge in [0.1, 0.15) is 5.82 Å². The van der Waals surface area contributed by atoms with Gasteiger partial charge in [0.25, 0.3) is 0 Å². The van der Waals surface area contributed by atoms with Crippen LogP contribution in [0.3, 0.4) is 0 Å². The molecule has 2 aromatic rings. The van der Waals surface area contributed by atoms with E-state index in [-0.39, 0.29) is 6.07 Å². The zero-order valence-electron chi connectivity index (χ0n) is 12.7. The molecule has 0 unspecified atom stereocenters. The monoisotopic (exact) mass is 413 g/mol. The SMILES string of the molecule is N#Cc1ccc(-c2ccc(F)cc2OS(=O)(=O)C(F)(F)F)cc1C(F)(F)F. The van der Waals surface area contributed by atoms with E-state index in [9.17, 15) is 39.2 Å². The summed E-state index contributed by atoms with van der Waals surface area (Å²) in [7, 11) is -6.19. The van der Waals surface area contributed by atoms with Gasteiger partial charge in [0, 0.05) is 11.6 Å². The third-order valence-electron chi connectivity index (χ3n) is 3.18. The second-order valence-corrected chi connectivity index (χ2v) is 6.53. The minimum atomic E-state index is -6.19. The topological polar surface area (TPSA) is 67.2 Å². The molecule has 0 saturated carbocycles. The second kappa shape index (κ2) is 6.73. The van der Waals surface area contributed by atoms with Crippen molar-refractivity contribution in [3.8, 4) is 22.9 Å². The van der Waals surface area contributed by atoms with Crippen LogP contribution in [0.15, 0.2) is 36.4 Å². The molecule has 0 bridgehead atoms. The van der Waals surface area contributed by atoms with E-state index >= 15 is 0 Å². The van der Waals surface area contributed by atoms with Crippen LogP contribution in [-0.4, -0.2) is 13.9 Å². The van der Waals surface area contributed by atoms with Crippen molar-refractivity contribution in [2.24, 2.45) is 0 Å². The fourth-order valence-electron chi connectivity index (χ4n) is 2.01. The first-order valence-corrected chi connectivity index (χ1v) is 8.09. The molecule has 4 nitrogen and oxygen atoms in total. The Labute approximate surface area is 147 Å². The maximum Gasteiger partial charge on any atom is 0.534 e. The molecule has 0 heterocycles. The molecule has 0 aliphatic rings. The number of nitriles is 1. The molecule has 0 amide bonds. The van der Waals surface area contributed by atoms with E-state index < -0.39 is 55.6 Å². The van der Waals surface area contributed by atoms with Crippen molar-refractivity contribution in [1.29, 1.82) is 5.26 Å². The Morgan fingerprint density at radius 1 is 0.963 bits per heavy atom. The predicted molar refractivity (Wildman–Crippen MR) is 77.2 cm³/mol. The van der Waals surface area contributed by atoms with Crippen molar-refractivity contribution >= 4 is 10.1 Å². The predicted octanol–water partition coefficient (Wildman–Crippen LogP) is 4.61. The van der Waals surface area contributed by atoms with Gasteiger partial charge in [-0.15, -0.1) is 0 Å². The Morgan fingerprint density at radius 3 is 2.11 bits per heavy atom. The molecular formula is C15H6F7NO3S. The van der Waals surface area contributed by atoms with Crippen molar-refractivity contribution in [2.75, 3.05) is 0 Å². The molecule has 2 rings (SSSR count). The van der Waals surface area contributed by atoms with Crippen LogP contribution in [0.5, 0.6) is 5.75 Å². The molecule has 2 aromatic carbocycles. The number of alkyl halides is 6. The summed E-state index contributed by atoms with van der Waals surface area (Å²) in [4.78, 5) is 0. The summed E-state index contributed by atoms with van der Waals surface area (Å²) in [6.45, 7) is 0. The molecule has 0 saturated heterocycles. The third kappa shape index (κ3) is 4.30. The Bertz CT molecular complexity index is 1020. The molecule has 0 aliphatic carbocycles. The van der Waals surface area contributed by atoms with Crippen LogP contribution < -0.4 is 4.18 Å². The molecule has 0 aromatic heterocycles. The highest BCUT2D eigenvalue weighted by atomic mass is 32.2. The van der Waals surface area contributed by atoms with Crippen LogP contribution in [-0.2, 0) is 16.3 Å². The standard InChI is InChI=1S/C15H6F7NO3S/c16-10-3-4-11(13(6-10)26-27(24,25)15(20,21)22)8-1-2-9(7-23)12(5-8)14(17,18)19/h1-6H. The number of halogens is 7. The molecule has 144 valence electrons. The fourth-order valence-corrected chi connectivity index (χ4v) is 2.48. The Morgan fingerprint density at radius 2 is 1.59 bits per heavy atom. The molecule has 12 heteroatoms. The lowest BCUT2D eigenvalue weighted by molar-refractivity contribution is -0.137. The molecule has 0 fully saturated rings. The molecule has 0 radical (unpaired) electrons. The molecular weight excluding hydrogens is 407 g/mol. The molecule has 0 atom stereocenters. The van der Waals surface area contributed by atoms with Crippen LogP contribution in [0.2, 0.25) is 0 Å². The minimum Gasteiger partial charge on any atom is -0.375 e. The third-order valence-corrected chi connectivity index (χ3v) is 4.15. The van der Waals surface area contributed by atoms with E-state index in [1.54, 1.807) is 0 Å². The number of benzene rings is 2. The highest BCUT2D eigenvalue weighted by Gasteiger charge is 2.49. The maximum absolute atomic E-state index is 13.3. The summed E-state index contributed by atoms with van der Waals surface area (Å²) in [5.74, 6) is -2.35. The van der Waals surface area contributed by atoms with Crippen molar-refractivity contribution in [1.82, 2.24) is 0 Å². The summed E-state index contributed by atoms with van der Waals surface area (Å²) in [5, 5.41) is 8.75. The number of nitrogens with zero attached hydrogens (tertiary/aromatic N) is 1. The quantitative estimate of drug-likeness (QED) is 0.419. The first-order chi connectivity index (χ1) is 12.3. The van der Waals surface area contributed by atoms with Crippen LogP contribution >= 0.6 is 0 Å². The minimum absolute atomic E-state index is 0.282. The van der Waals surface area contributed by atoms with Gasteiger partial charge in [0.2, 0.25) is 0 Å². The Hall–Kier alpha value is -2.81. The van der Waals surface area contributed by atoms with Gasteiger partial charge in [-0.3, -0.25) is 0 Å². The number of rotatable bonds is 3. The van der Waals surface area contributed by atoms with Gasteiger partial charge in [0.05, 0.1) is 17.2 Å². The van der Waals surface area contributed by atoms with E-state index in [0.717, 1.165) is 18.2 Å². The van der Waals surface area contributed by atoms with Gasteiger partial charge in [-0.05, 0) is 29.8 Å². The van der Waals surface area contributed by atoms with Crippen LogP contribution in [0.4, 0.5) is 30.7 Å². The molecule has 0 spiro atoms. The lowest BCUT2D eigenvalue weighted by Crippen LogP contribution is -2.28. The first-order valence-electron chi connectivity index (χ1n) is 6.68. The van der Waals surface area contributed by atoms with Crippen molar-refractivity contribution in [2.45, 2.75) is 11.7 Å². The second-order valence-electron chi connectivity index (χ2n) is 4.99. The number of hydrogen-bond acceptors (Lipinski definition) is 4. The highest BCUT2D eigenvalue weighted by Crippen LogP contribution is 2.39. The molecule has 0 aliphatic heterocycles. The van der Waals surface area contributed by atoms with Gasteiger partial charge in [-0.2, -0.15) is 40.0 Å². The van der Waals surface area contributed by atoms with E-state index in [2.05, 4.69) is 4.18 Å². The fraction of sp³-hybridized carbons (Fsp3) is 0.133. The van der Waals surface area contributed by atoms with Gasteiger partial charge in [0.15, 0.2) is 5.75 Å². The zero-order chi connectivity index (χ0) is 20.6. The average Bonchev–Trinajstić information content (AvgIpc) is 2.52. The Kier molecular flexibility index (Phi) is 5.11. The summed E-state index contributed by atoms with van der Waals surface area (Å²) >= 11 is 0. The van der Waals surface area contributed by atoms with Gasteiger partial charge >= 0.3 is 21.8 Å². The van der Waals surface area contributed by atoms with E-state index in [4.69, 9.17) is 5.26 Å². The summed E-state index contributed by atoms with van der Waals surface area (Å²) < 4.78 is 116. The van der Waals surface area contributed by atoms with Crippen molar-refractivity contribution < 1.29 is 43.3 Å². The van der Waals surface area contributed by atoms with Crippen molar-refractivity contribution in [3.63, 3.8) is 0 Å². The Balaban J connectivity index is 2.66. The van der Waals surface area contributed by atoms with E-state index in [0.29, 0.717) is 12.1 Å². The maximum atomic E-state index is 13.3. The highest BCUT2D eigenvalue weighted by molar-refractivity contribution is 7.88. The van der Waals surface area contributed by atoms with Crippen LogP contribution in [0.25, 0.3) is 11.1 Å². The lowest BCUT2D eigenvalue weighted by atomic mass is 9.98. The normalized spacial score (nSPS) is 12.5. The molecule has 27 heavy (non-hydrogen) atoms. The largest absolute Gasteiger partial charge is 0.534 e. The summed E-state index contributed by atoms with van der Waals surface area (Å²) in [5.41, 5.74) is -9.00. The summed E-state index contributed by atoms with van der Waals surface area (Å²) in [6, 6.07) is 5.10. The summed E-state index contributed by atoms with van der Waals surface area (Å²) in [6.07, 6.45) is -4.97. The van der Waals surface area contributed by atoms with Gasteiger partial charge in [-0.1, -0.05) is 6.07 Å². The van der Waals surface area contributed by atoms with Crippen LogP contribution in [0.1, 0.15) is 11.1 Å². The van der Waals surface area contributed by atoms with Gasteiger partial charge < -0.3 is 4.18 Å². The lowest BCUT2D eigenvalue weighted by Gasteiger charge is -2.15. The van der Waals surface area contributed by atoms with Crippen LogP contribution in [0, 0.1) is 17.1 Å². The smallest absolute Gasteiger partial charge is 0.375 e. The zero-order valence-corrected chi connectivity index (χ0v) is 13.5. The number of hydrogen-bond donors (Lipinski definition) is 0. The van der Waals surface area contributed by atoms with Gasteiger partial charge in [-0.25, -0.2) is 4.39 Å².